The van der Waals surface area contributed by atoms with Gasteiger partial charge in [-0.05, 0) is 50.6 Å². The van der Waals surface area contributed by atoms with Gasteiger partial charge in [-0.2, -0.15) is 0 Å². The van der Waals surface area contributed by atoms with Crippen molar-refractivity contribution < 1.29 is 18.7 Å². The summed E-state index contributed by atoms with van der Waals surface area (Å²) in [6.07, 6.45) is 1.56. The predicted molar refractivity (Wildman–Crippen MR) is 96.3 cm³/mol. The summed E-state index contributed by atoms with van der Waals surface area (Å²) < 4.78 is 10.9. The lowest BCUT2D eigenvalue weighted by Gasteiger charge is -2.02. The van der Waals surface area contributed by atoms with Crippen LogP contribution in [0.5, 0.6) is 0 Å². The molecular formula is C19H17ClN2O4. The van der Waals surface area contributed by atoms with Gasteiger partial charge in [0.2, 0.25) is 5.89 Å². The lowest BCUT2D eigenvalue weighted by Crippen LogP contribution is -2.08. The fourth-order valence-corrected chi connectivity index (χ4v) is 2.93. The molecule has 0 amide bonds. The minimum atomic E-state index is -0.565. The first-order chi connectivity index (χ1) is 12.4. The van der Waals surface area contributed by atoms with Crippen molar-refractivity contribution in [1.29, 1.82) is 0 Å². The van der Waals surface area contributed by atoms with Crippen LogP contribution in [0.3, 0.4) is 0 Å². The zero-order valence-electron chi connectivity index (χ0n) is 14.6. The first kappa shape index (κ1) is 17.9. The highest BCUT2D eigenvalue weighted by atomic mass is 35.5. The Balaban J connectivity index is 1.70. The van der Waals surface area contributed by atoms with E-state index < -0.39 is 5.97 Å². The van der Waals surface area contributed by atoms with Gasteiger partial charge >= 0.3 is 5.97 Å². The number of ketones is 1. The van der Waals surface area contributed by atoms with Crippen LogP contribution in [0.1, 0.15) is 44.9 Å². The molecule has 1 N–H and O–H groups in total. The zero-order chi connectivity index (χ0) is 18.8. The average Bonchev–Trinajstić information content (AvgIpc) is 3.18. The highest BCUT2D eigenvalue weighted by molar-refractivity contribution is 6.30. The molecule has 0 saturated heterocycles. The number of hydrogen-bond acceptors (Lipinski definition) is 5. The summed E-state index contributed by atoms with van der Waals surface area (Å²) in [5.74, 6) is 0.162. The number of benzene rings is 1. The molecule has 2 heterocycles. The average molecular weight is 373 g/mol. The number of halogens is 1. The summed E-state index contributed by atoms with van der Waals surface area (Å²) in [5.41, 5.74) is 2.81. The summed E-state index contributed by atoms with van der Waals surface area (Å²) >= 11 is 5.86. The van der Waals surface area contributed by atoms with Gasteiger partial charge in [0.25, 0.3) is 0 Å². The first-order valence-corrected chi connectivity index (χ1v) is 8.32. The topological polar surface area (TPSA) is 85.2 Å². The monoisotopic (exact) mass is 372 g/mol. The number of aryl methyl sites for hydroxylation is 1. The number of nitrogens with zero attached hydrogens (tertiary/aromatic N) is 1. The third kappa shape index (κ3) is 3.55. The van der Waals surface area contributed by atoms with Crippen LogP contribution in [0.25, 0.3) is 11.3 Å². The molecule has 3 rings (SSSR count). The number of hydrogen-bond donors (Lipinski definition) is 1. The molecule has 7 heteroatoms. The van der Waals surface area contributed by atoms with Crippen molar-refractivity contribution in [1.82, 2.24) is 9.97 Å². The minimum Gasteiger partial charge on any atom is -0.451 e. The van der Waals surface area contributed by atoms with Gasteiger partial charge in [0, 0.05) is 21.8 Å². The van der Waals surface area contributed by atoms with E-state index in [1.165, 1.54) is 6.92 Å². The standard InChI is InChI=1S/C19H17ClN2O4/c1-10-17(12(3)23)11(2)22-18(10)19(24)25-9-16-21-8-15(26-16)13-4-6-14(20)7-5-13/h4-8,22H,9H2,1-3H3. The van der Waals surface area contributed by atoms with Gasteiger partial charge in [-0.3, -0.25) is 4.79 Å². The summed E-state index contributed by atoms with van der Waals surface area (Å²) in [7, 11) is 0. The van der Waals surface area contributed by atoms with Gasteiger partial charge in [-0.25, -0.2) is 9.78 Å². The van der Waals surface area contributed by atoms with E-state index in [4.69, 9.17) is 20.8 Å². The van der Waals surface area contributed by atoms with Gasteiger partial charge in [0.1, 0.15) is 5.69 Å². The number of Topliss-reactive ketones (excluding diaryl/α,β-unsaturated/α-hetero) is 1. The molecular weight excluding hydrogens is 356 g/mol. The maximum absolute atomic E-state index is 12.3. The van der Waals surface area contributed by atoms with Crippen molar-refractivity contribution in [3.05, 3.63) is 63.9 Å². The summed E-state index contributed by atoms with van der Waals surface area (Å²) in [4.78, 5) is 31.0. The van der Waals surface area contributed by atoms with E-state index in [0.717, 1.165) is 5.56 Å². The van der Waals surface area contributed by atoms with Crippen LogP contribution in [-0.2, 0) is 11.3 Å². The van der Waals surface area contributed by atoms with Crippen LogP contribution in [0.2, 0.25) is 5.02 Å². The molecule has 0 aliphatic heterocycles. The number of esters is 1. The molecule has 0 unspecified atom stereocenters. The Bertz CT molecular complexity index is 970. The van der Waals surface area contributed by atoms with Gasteiger partial charge in [0.15, 0.2) is 18.2 Å². The summed E-state index contributed by atoms with van der Waals surface area (Å²) in [6, 6.07) is 7.13. The Labute approximate surface area is 155 Å². The number of aromatic nitrogens is 2. The number of oxazole rings is 1. The van der Waals surface area contributed by atoms with Crippen molar-refractivity contribution in [2.75, 3.05) is 0 Å². The lowest BCUT2D eigenvalue weighted by atomic mass is 10.1. The second-order valence-electron chi connectivity index (χ2n) is 5.88. The number of rotatable bonds is 5. The molecule has 0 spiro atoms. The third-order valence-electron chi connectivity index (χ3n) is 4.00. The fraction of sp³-hybridized carbons (Fsp3) is 0.211. The molecule has 3 aromatic rings. The number of carbonyl (C=O) groups is 2. The molecule has 0 aliphatic carbocycles. The van der Waals surface area contributed by atoms with Gasteiger partial charge in [-0.1, -0.05) is 11.6 Å². The van der Waals surface area contributed by atoms with Crippen molar-refractivity contribution in [3.63, 3.8) is 0 Å². The normalized spacial score (nSPS) is 10.8. The number of ether oxygens (including phenoxy) is 1. The van der Waals surface area contributed by atoms with Crippen molar-refractivity contribution in [2.45, 2.75) is 27.4 Å². The molecule has 134 valence electrons. The molecule has 0 aliphatic rings. The molecule has 1 aromatic carbocycles. The quantitative estimate of drug-likeness (QED) is 0.526. The van der Waals surface area contributed by atoms with Crippen LogP contribution in [-0.4, -0.2) is 21.7 Å². The van der Waals surface area contributed by atoms with E-state index in [9.17, 15) is 9.59 Å². The van der Waals surface area contributed by atoms with E-state index in [0.29, 0.717) is 27.6 Å². The van der Waals surface area contributed by atoms with E-state index in [1.54, 1.807) is 32.2 Å². The Morgan fingerprint density at radius 3 is 2.54 bits per heavy atom. The molecule has 0 saturated carbocycles. The second kappa shape index (κ2) is 7.17. The van der Waals surface area contributed by atoms with E-state index >= 15 is 0 Å². The Morgan fingerprint density at radius 1 is 1.23 bits per heavy atom. The first-order valence-electron chi connectivity index (χ1n) is 7.94. The summed E-state index contributed by atoms with van der Waals surface area (Å²) in [6.45, 7) is 4.80. The maximum atomic E-state index is 12.3. The van der Waals surface area contributed by atoms with Gasteiger partial charge < -0.3 is 14.1 Å². The third-order valence-corrected chi connectivity index (χ3v) is 4.25. The van der Waals surface area contributed by atoms with Crippen LogP contribution in [0.4, 0.5) is 0 Å². The molecule has 2 aromatic heterocycles. The maximum Gasteiger partial charge on any atom is 0.355 e. The zero-order valence-corrected chi connectivity index (χ0v) is 15.3. The molecule has 0 fully saturated rings. The largest absolute Gasteiger partial charge is 0.451 e. The highest BCUT2D eigenvalue weighted by Gasteiger charge is 2.21. The van der Waals surface area contributed by atoms with Gasteiger partial charge in [-0.15, -0.1) is 0 Å². The van der Waals surface area contributed by atoms with Gasteiger partial charge in [0.05, 0.1) is 6.20 Å². The molecule has 0 bridgehead atoms. The fourth-order valence-electron chi connectivity index (χ4n) is 2.81. The Morgan fingerprint density at radius 2 is 1.92 bits per heavy atom. The smallest absolute Gasteiger partial charge is 0.355 e. The van der Waals surface area contributed by atoms with Crippen LogP contribution < -0.4 is 0 Å². The molecule has 26 heavy (non-hydrogen) atoms. The number of H-pyrrole nitrogens is 1. The molecule has 0 atom stereocenters. The van der Waals surface area contributed by atoms with Crippen LogP contribution in [0, 0.1) is 13.8 Å². The number of carbonyl (C=O) groups excluding carboxylic acids is 2. The Kier molecular flexibility index (Phi) is 4.95. The SMILES string of the molecule is CC(=O)c1c(C)[nH]c(C(=O)OCc2ncc(-c3ccc(Cl)cc3)o2)c1C. The van der Waals surface area contributed by atoms with Crippen molar-refractivity contribution in [2.24, 2.45) is 0 Å². The molecule has 6 nitrogen and oxygen atoms in total. The summed E-state index contributed by atoms with van der Waals surface area (Å²) in [5, 5.41) is 0.629. The minimum absolute atomic E-state index is 0.101. The van der Waals surface area contributed by atoms with E-state index in [1.807, 2.05) is 12.1 Å². The van der Waals surface area contributed by atoms with Crippen molar-refractivity contribution >= 4 is 23.4 Å². The highest BCUT2D eigenvalue weighted by Crippen LogP contribution is 2.23. The molecule has 0 radical (unpaired) electrons. The number of nitrogens with one attached hydrogen (secondary N) is 1. The predicted octanol–water partition coefficient (Wildman–Crippen LogP) is 4.50. The Hall–Kier alpha value is -2.86. The van der Waals surface area contributed by atoms with Crippen LogP contribution in [0.15, 0.2) is 34.9 Å². The van der Waals surface area contributed by atoms with Crippen LogP contribution >= 0.6 is 11.6 Å². The number of aromatic amines is 1. The van der Waals surface area contributed by atoms with E-state index in [-0.39, 0.29) is 24.0 Å². The van der Waals surface area contributed by atoms with Crippen molar-refractivity contribution in [3.8, 4) is 11.3 Å². The second-order valence-corrected chi connectivity index (χ2v) is 6.32. The van der Waals surface area contributed by atoms with E-state index in [2.05, 4.69) is 9.97 Å². The lowest BCUT2D eigenvalue weighted by molar-refractivity contribution is 0.0431.